The molecule has 0 aromatic carbocycles. The zero-order valence-corrected chi connectivity index (χ0v) is 8.83. The Hall–Kier alpha value is -1.67. The molecule has 0 aliphatic rings. The molecule has 0 fully saturated rings. The Morgan fingerprint density at radius 3 is 2.71 bits per heavy atom. The van der Waals surface area contributed by atoms with Gasteiger partial charge in [0, 0.05) is 20.0 Å². The average Bonchev–Trinajstić information content (AvgIpc) is 2.64. The van der Waals surface area contributed by atoms with Crippen LogP contribution in [0.4, 0.5) is 17.6 Å². The molecule has 1 amide bonds. The summed E-state index contributed by atoms with van der Waals surface area (Å²) >= 11 is 0. The van der Waals surface area contributed by atoms with E-state index in [0.717, 1.165) is 0 Å². The Balaban J connectivity index is 2.42. The fraction of sp³-hybridized carbons (Fsp3) is 0.625. The van der Waals surface area contributed by atoms with E-state index in [0.29, 0.717) is 5.82 Å². The lowest BCUT2D eigenvalue weighted by atomic mass is 10.3. The minimum Gasteiger partial charge on any atom is -0.350 e. The van der Waals surface area contributed by atoms with E-state index < -0.39 is 18.3 Å². The van der Waals surface area contributed by atoms with Crippen molar-refractivity contribution < 1.29 is 22.4 Å². The highest BCUT2D eigenvalue weighted by molar-refractivity contribution is 5.83. The number of carbonyl (C=O) groups excluding carboxylic acids is 1. The topological polar surface area (TPSA) is 59.8 Å². The third-order valence-corrected chi connectivity index (χ3v) is 2.02. The minimum absolute atomic E-state index is 0.127. The van der Waals surface area contributed by atoms with Crippen molar-refractivity contribution in [3.05, 3.63) is 12.2 Å². The van der Waals surface area contributed by atoms with Gasteiger partial charge in [-0.15, -0.1) is 10.2 Å². The summed E-state index contributed by atoms with van der Waals surface area (Å²) in [6.45, 7) is -0.215. The first kappa shape index (κ1) is 13.4. The molecule has 0 unspecified atom stereocenters. The summed E-state index contributed by atoms with van der Waals surface area (Å²) in [5.41, 5.74) is 0. The van der Waals surface area contributed by atoms with Gasteiger partial charge in [0.2, 0.25) is 0 Å². The Morgan fingerprint density at radius 2 is 2.24 bits per heavy atom. The molecule has 1 N–H and O–H groups in total. The van der Waals surface area contributed by atoms with Gasteiger partial charge < -0.3 is 9.88 Å². The van der Waals surface area contributed by atoms with E-state index in [2.05, 4.69) is 10.2 Å². The summed E-state index contributed by atoms with van der Waals surface area (Å²) < 4.78 is 50.1. The summed E-state index contributed by atoms with van der Waals surface area (Å²) in [6, 6.07) is 0. The third kappa shape index (κ3) is 3.14. The molecule has 0 saturated heterocycles. The molecule has 0 bridgehead atoms. The van der Waals surface area contributed by atoms with Crippen molar-refractivity contribution in [2.24, 2.45) is 7.05 Å². The molecule has 5 nitrogen and oxygen atoms in total. The zero-order chi connectivity index (χ0) is 13.1. The fourth-order valence-corrected chi connectivity index (χ4v) is 1.04. The number of aromatic nitrogens is 3. The van der Waals surface area contributed by atoms with Gasteiger partial charge in [0.15, 0.2) is 0 Å². The quantitative estimate of drug-likeness (QED) is 0.772. The standard InChI is InChI=1S/C8H10F4N4O/c1-16-4-14-15-5(16)2-3-13-7(17)8(11,12)6(9)10/h4,6H,2-3H2,1H3,(H,13,17). The summed E-state index contributed by atoms with van der Waals surface area (Å²) in [5.74, 6) is -6.21. The van der Waals surface area contributed by atoms with Crippen molar-refractivity contribution in [2.45, 2.75) is 18.8 Å². The van der Waals surface area contributed by atoms with Gasteiger partial charge in [-0.3, -0.25) is 4.79 Å². The second-order valence-corrected chi connectivity index (χ2v) is 3.29. The molecule has 0 spiro atoms. The monoisotopic (exact) mass is 254 g/mol. The van der Waals surface area contributed by atoms with Crippen molar-refractivity contribution in [2.75, 3.05) is 6.54 Å². The van der Waals surface area contributed by atoms with Gasteiger partial charge in [0.1, 0.15) is 12.2 Å². The molecule has 1 rings (SSSR count). The largest absolute Gasteiger partial charge is 0.383 e. The highest BCUT2D eigenvalue weighted by Crippen LogP contribution is 2.22. The smallest absolute Gasteiger partial charge is 0.350 e. The van der Waals surface area contributed by atoms with Crippen LogP contribution in [0.3, 0.4) is 0 Å². The number of amides is 1. The maximum absolute atomic E-state index is 12.5. The van der Waals surface area contributed by atoms with Crippen molar-refractivity contribution in [3.8, 4) is 0 Å². The molecule has 0 radical (unpaired) electrons. The van der Waals surface area contributed by atoms with Crippen LogP contribution in [0.1, 0.15) is 5.82 Å². The van der Waals surface area contributed by atoms with Gasteiger partial charge in [-0.25, -0.2) is 8.78 Å². The van der Waals surface area contributed by atoms with Crippen LogP contribution in [0.5, 0.6) is 0 Å². The zero-order valence-electron chi connectivity index (χ0n) is 8.83. The number of hydrogen-bond donors (Lipinski definition) is 1. The van der Waals surface area contributed by atoms with Crippen molar-refractivity contribution in [1.82, 2.24) is 20.1 Å². The van der Waals surface area contributed by atoms with Crippen molar-refractivity contribution in [1.29, 1.82) is 0 Å². The lowest BCUT2D eigenvalue weighted by molar-refractivity contribution is -0.169. The average molecular weight is 254 g/mol. The number of aryl methyl sites for hydroxylation is 1. The molecule has 17 heavy (non-hydrogen) atoms. The number of nitrogens with one attached hydrogen (secondary N) is 1. The van der Waals surface area contributed by atoms with Crippen LogP contribution in [0.2, 0.25) is 0 Å². The number of nitrogens with zero attached hydrogens (tertiary/aromatic N) is 3. The lowest BCUT2D eigenvalue weighted by Crippen LogP contribution is -2.45. The Labute approximate surface area is 93.8 Å². The van der Waals surface area contributed by atoms with Crippen LogP contribution in [0.15, 0.2) is 6.33 Å². The van der Waals surface area contributed by atoms with Crippen molar-refractivity contribution >= 4 is 5.91 Å². The first-order valence-electron chi connectivity index (χ1n) is 4.63. The van der Waals surface area contributed by atoms with Crippen LogP contribution in [-0.2, 0) is 18.3 Å². The molecular weight excluding hydrogens is 244 g/mol. The van der Waals surface area contributed by atoms with Gasteiger partial charge in [-0.2, -0.15) is 8.78 Å². The predicted octanol–water partition coefficient (Wildman–Crippen LogP) is 0.374. The van der Waals surface area contributed by atoms with E-state index in [1.165, 1.54) is 10.9 Å². The highest BCUT2D eigenvalue weighted by atomic mass is 19.3. The molecule has 0 atom stereocenters. The van der Waals surface area contributed by atoms with Crippen LogP contribution in [-0.4, -0.2) is 39.6 Å². The first-order chi connectivity index (χ1) is 7.85. The van der Waals surface area contributed by atoms with Gasteiger partial charge in [0.25, 0.3) is 5.91 Å². The van der Waals surface area contributed by atoms with Crippen LogP contribution in [0.25, 0.3) is 0 Å². The summed E-state index contributed by atoms with van der Waals surface area (Å²) in [5, 5.41) is 8.88. The second kappa shape index (κ2) is 5.11. The Morgan fingerprint density at radius 1 is 1.59 bits per heavy atom. The van der Waals surface area contributed by atoms with Gasteiger partial charge in [-0.05, 0) is 0 Å². The van der Waals surface area contributed by atoms with E-state index in [9.17, 15) is 22.4 Å². The summed E-state index contributed by atoms with van der Waals surface area (Å²) in [4.78, 5) is 10.7. The predicted molar refractivity (Wildman–Crippen MR) is 48.7 cm³/mol. The molecule has 1 heterocycles. The number of hydrogen-bond acceptors (Lipinski definition) is 3. The van der Waals surface area contributed by atoms with Crippen molar-refractivity contribution in [3.63, 3.8) is 0 Å². The Bertz CT molecular complexity index is 393. The van der Waals surface area contributed by atoms with E-state index in [-0.39, 0.29) is 13.0 Å². The van der Waals surface area contributed by atoms with Crippen LogP contribution < -0.4 is 5.32 Å². The first-order valence-corrected chi connectivity index (χ1v) is 4.63. The maximum Gasteiger partial charge on any atom is 0.383 e. The van der Waals surface area contributed by atoms with E-state index in [4.69, 9.17) is 0 Å². The lowest BCUT2D eigenvalue weighted by Gasteiger charge is -2.14. The van der Waals surface area contributed by atoms with E-state index in [1.54, 1.807) is 12.4 Å². The summed E-state index contributed by atoms with van der Waals surface area (Å²) in [7, 11) is 1.63. The van der Waals surface area contributed by atoms with E-state index >= 15 is 0 Å². The minimum atomic E-state index is -4.67. The third-order valence-electron chi connectivity index (χ3n) is 2.02. The normalized spacial score (nSPS) is 11.9. The molecule has 0 aliphatic carbocycles. The van der Waals surface area contributed by atoms with Crippen LogP contribution >= 0.6 is 0 Å². The molecule has 96 valence electrons. The molecular formula is C8H10F4N4O. The van der Waals surface area contributed by atoms with Gasteiger partial charge >= 0.3 is 12.3 Å². The summed E-state index contributed by atoms with van der Waals surface area (Å²) in [6.07, 6.45) is -2.50. The fourth-order valence-electron chi connectivity index (χ4n) is 1.04. The number of halogens is 4. The molecule has 9 heteroatoms. The van der Waals surface area contributed by atoms with Gasteiger partial charge in [0.05, 0.1) is 0 Å². The van der Waals surface area contributed by atoms with E-state index in [1.807, 2.05) is 0 Å². The molecule has 0 aliphatic heterocycles. The number of rotatable bonds is 5. The highest BCUT2D eigenvalue weighted by Gasteiger charge is 2.48. The number of alkyl halides is 4. The Kier molecular flexibility index (Phi) is 4.02. The molecule has 1 aromatic heterocycles. The second-order valence-electron chi connectivity index (χ2n) is 3.29. The SMILES string of the molecule is Cn1cnnc1CCNC(=O)C(F)(F)C(F)F. The number of carbonyl (C=O) groups is 1. The van der Waals surface area contributed by atoms with Crippen LogP contribution in [0, 0.1) is 0 Å². The van der Waals surface area contributed by atoms with Gasteiger partial charge in [-0.1, -0.05) is 0 Å². The molecule has 0 saturated carbocycles. The maximum atomic E-state index is 12.5. The molecule has 1 aromatic rings.